The quantitative estimate of drug-likeness (QED) is 0.691. The predicted molar refractivity (Wildman–Crippen MR) is 103 cm³/mol. The van der Waals surface area contributed by atoms with Crippen LogP contribution in [-0.2, 0) is 0 Å². The second-order valence-corrected chi connectivity index (χ2v) is 6.29. The van der Waals surface area contributed by atoms with Gasteiger partial charge in [0.15, 0.2) is 17.3 Å². The molecule has 0 N–H and O–H groups in total. The Morgan fingerprint density at radius 2 is 1.67 bits per heavy atom. The third-order valence-electron chi connectivity index (χ3n) is 4.70. The largest absolute Gasteiger partial charge is 0.493 e. The van der Waals surface area contributed by atoms with Gasteiger partial charge >= 0.3 is 0 Å². The number of anilines is 1. The first kappa shape index (κ1) is 19.0. The summed E-state index contributed by atoms with van der Waals surface area (Å²) in [5.41, 5.74) is 0.552. The molecule has 0 aliphatic carbocycles. The Labute approximate surface area is 159 Å². The zero-order valence-corrected chi connectivity index (χ0v) is 16.0. The molecule has 1 aliphatic rings. The molecule has 0 bridgehead atoms. The summed E-state index contributed by atoms with van der Waals surface area (Å²) in [4.78, 5) is 21.6. The summed E-state index contributed by atoms with van der Waals surface area (Å²) < 4.78 is 16.0. The maximum atomic E-state index is 12.8. The highest BCUT2D eigenvalue weighted by Gasteiger charge is 2.22. The Morgan fingerprint density at radius 3 is 2.19 bits per heavy atom. The summed E-state index contributed by atoms with van der Waals surface area (Å²) in [6, 6.07) is 9.32. The standard InChI is InChI=1S/C20H25N3O4/c1-25-17-12-15(13-18(26-2)20(17)27-3)16(24)14-22-8-10-23(11-9-22)19-6-4-5-7-21-19/h4-7,12-13H,8-11,14H2,1-3H3. The molecule has 0 atom stereocenters. The lowest BCUT2D eigenvalue weighted by atomic mass is 10.1. The Bertz CT molecular complexity index is 749. The summed E-state index contributed by atoms with van der Waals surface area (Å²) in [7, 11) is 4.63. The number of carbonyl (C=O) groups is 1. The lowest BCUT2D eigenvalue weighted by Gasteiger charge is -2.35. The average molecular weight is 371 g/mol. The molecule has 1 saturated heterocycles. The molecule has 0 amide bonds. The van der Waals surface area contributed by atoms with Crippen molar-refractivity contribution >= 4 is 11.6 Å². The first-order chi connectivity index (χ1) is 13.2. The van der Waals surface area contributed by atoms with Crippen molar-refractivity contribution in [3.8, 4) is 17.2 Å². The molecule has 2 heterocycles. The van der Waals surface area contributed by atoms with Gasteiger partial charge in [-0.15, -0.1) is 0 Å². The van der Waals surface area contributed by atoms with E-state index >= 15 is 0 Å². The van der Waals surface area contributed by atoms with E-state index in [1.54, 1.807) is 39.7 Å². The van der Waals surface area contributed by atoms with Gasteiger partial charge in [-0.1, -0.05) is 6.07 Å². The topological polar surface area (TPSA) is 64.1 Å². The molecule has 1 aromatic heterocycles. The number of aromatic nitrogens is 1. The maximum absolute atomic E-state index is 12.8. The van der Waals surface area contributed by atoms with Crippen LogP contribution in [0.15, 0.2) is 36.5 Å². The highest BCUT2D eigenvalue weighted by Crippen LogP contribution is 2.38. The number of carbonyl (C=O) groups excluding carboxylic acids is 1. The van der Waals surface area contributed by atoms with E-state index in [-0.39, 0.29) is 5.78 Å². The van der Waals surface area contributed by atoms with Crippen molar-refractivity contribution in [3.63, 3.8) is 0 Å². The predicted octanol–water partition coefficient (Wildman–Crippen LogP) is 2.11. The molecule has 27 heavy (non-hydrogen) atoms. The molecule has 7 nitrogen and oxygen atoms in total. The molecule has 1 aromatic carbocycles. The lowest BCUT2D eigenvalue weighted by molar-refractivity contribution is 0.0925. The number of piperazine rings is 1. The number of Topliss-reactive ketones (excluding diaryl/α,β-unsaturated/α-hetero) is 1. The van der Waals surface area contributed by atoms with Gasteiger partial charge in [-0.25, -0.2) is 4.98 Å². The molecule has 0 spiro atoms. The number of pyridine rings is 1. The highest BCUT2D eigenvalue weighted by molar-refractivity contribution is 5.98. The molecule has 1 aliphatic heterocycles. The van der Waals surface area contributed by atoms with Crippen LogP contribution in [0.2, 0.25) is 0 Å². The van der Waals surface area contributed by atoms with Crippen molar-refractivity contribution in [2.24, 2.45) is 0 Å². The van der Waals surface area contributed by atoms with Gasteiger partial charge in [0.2, 0.25) is 5.75 Å². The number of methoxy groups -OCH3 is 3. The second kappa shape index (κ2) is 8.73. The number of hydrogen-bond acceptors (Lipinski definition) is 7. The Hall–Kier alpha value is -2.80. The van der Waals surface area contributed by atoms with Gasteiger partial charge in [0.1, 0.15) is 5.82 Å². The van der Waals surface area contributed by atoms with E-state index in [0.29, 0.717) is 29.4 Å². The summed E-state index contributed by atoms with van der Waals surface area (Å²) in [5.74, 6) is 2.47. The van der Waals surface area contributed by atoms with Gasteiger partial charge in [0.25, 0.3) is 0 Å². The van der Waals surface area contributed by atoms with E-state index in [9.17, 15) is 4.79 Å². The summed E-state index contributed by atoms with van der Waals surface area (Å²) >= 11 is 0. The van der Waals surface area contributed by atoms with Crippen LogP contribution < -0.4 is 19.1 Å². The van der Waals surface area contributed by atoms with Gasteiger partial charge < -0.3 is 19.1 Å². The number of rotatable bonds is 7. The van der Waals surface area contributed by atoms with E-state index in [2.05, 4.69) is 14.8 Å². The van der Waals surface area contributed by atoms with Crippen molar-refractivity contribution in [2.45, 2.75) is 0 Å². The molecular formula is C20H25N3O4. The molecule has 0 unspecified atom stereocenters. The number of benzene rings is 1. The van der Waals surface area contributed by atoms with Gasteiger partial charge in [-0.2, -0.15) is 0 Å². The van der Waals surface area contributed by atoms with Crippen molar-refractivity contribution in [1.82, 2.24) is 9.88 Å². The minimum atomic E-state index is 0.0283. The molecule has 1 fully saturated rings. The third kappa shape index (κ3) is 4.31. The molecule has 0 saturated carbocycles. The molecule has 2 aromatic rings. The zero-order chi connectivity index (χ0) is 19.2. The fourth-order valence-corrected chi connectivity index (χ4v) is 3.21. The van der Waals surface area contributed by atoms with Gasteiger partial charge in [-0.3, -0.25) is 9.69 Å². The van der Waals surface area contributed by atoms with E-state index in [4.69, 9.17) is 14.2 Å². The molecule has 7 heteroatoms. The third-order valence-corrected chi connectivity index (χ3v) is 4.70. The van der Waals surface area contributed by atoms with Crippen molar-refractivity contribution in [1.29, 1.82) is 0 Å². The fourth-order valence-electron chi connectivity index (χ4n) is 3.21. The Balaban J connectivity index is 1.64. The van der Waals surface area contributed by atoms with Crippen LogP contribution in [0.3, 0.4) is 0 Å². The number of hydrogen-bond donors (Lipinski definition) is 0. The van der Waals surface area contributed by atoms with Crippen molar-refractivity contribution in [2.75, 3.05) is 59.0 Å². The first-order valence-electron chi connectivity index (χ1n) is 8.87. The van der Waals surface area contributed by atoms with E-state index in [1.807, 2.05) is 18.2 Å². The van der Waals surface area contributed by atoms with Crippen LogP contribution in [-0.4, -0.2) is 69.7 Å². The van der Waals surface area contributed by atoms with Crippen LogP contribution >= 0.6 is 0 Å². The monoisotopic (exact) mass is 371 g/mol. The van der Waals surface area contributed by atoms with Gasteiger partial charge in [0.05, 0.1) is 27.9 Å². The van der Waals surface area contributed by atoms with E-state index in [0.717, 1.165) is 32.0 Å². The number of nitrogens with zero attached hydrogens (tertiary/aromatic N) is 3. The maximum Gasteiger partial charge on any atom is 0.203 e. The van der Waals surface area contributed by atoms with E-state index < -0.39 is 0 Å². The average Bonchev–Trinajstić information content (AvgIpc) is 2.73. The van der Waals surface area contributed by atoms with Crippen LogP contribution in [0.1, 0.15) is 10.4 Å². The molecule has 3 rings (SSSR count). The van der Waals surface area contributed by atoms with Gasteiger partial charge in [0, 0.05) is 37.9 Å². The SMILES string of the molecule is COc1cc(C(=O)CN2CCN(c3ccccn3)CC2)cc(OC)c1OC. The smallest absolute Gasteiger partial charge is 0.203 e. The minimum Gasteiger partial charge on any atom is -0.493 e. The van der Waals surface area contributed by atoms with Crippen molar-refractivity contribution < 1.29 is 19.0 Å². The fraction of sp³-hybridized carbons (Fsp3) is 0.400. The number of ketones is 1. The van der Waals surface area contributed by atoms with Crippen LogP contribution in [0, 0.1) is 0 Å². The highest BCUT2D eigenvalue weighted by atomic mass is 16.5. The minimum absolute atomic E-state index is 0.0283. The first-order valence-corrected chi connectivity index (χ1v) is 8.87. The normalized spacial score (nSPS) is 14.7. The number of ether oxygens (including phenoxy) is 3. The van der Waals surface area contributed by atoms with Crippen molar-refractivity contribution in [3.05, 3.63) is 42.1 Å². The molecule has 144 valence electrons. The molecular weight excluding hydrogens is 346 g/mol. The van der Waals surface area contributed by atoms with Crippen LogP contribution in [0.25, 0.3) is 0 Å². The van der Waals surface area contributed by atoms with Crippen LogP contribution in [0.5, 0.6) is 17.2 Å². The second-order valence-electron chi connectivity index (χ2n) is 6.29. The van der Waals surface area contributed by atoms with Gasteiger partial charge in [-0.05, 0) is 24.3 Å². The Kier molecular flexibility index (Phi) is 6.13. The summed E-state index contributed by atoms with van der Waals surface area (Å²) in [5, 5.41) is 0. The Morgan fingerprint density at radius 1 is 1.00 bits per heavy atom. The lowest BCUT2D eigenvalue weighted by Crippen LogP contribution is -2.48. The molecule has 0 radical (unpaired) electrons. The summed E-state index contributed by atoms with van der Waals surface area (Å²) in [6.45, 7) is 3.67. The van der Waals surface area contributed by atoms with E-state index in [1.165, 1.54) is 0 Å². The summed E-state index contributed by atoms with van der Waals surface area (Å²) in [6.07, 6.45) is 1.80. The zero-order valence-electron chi connectivity index (χ0n) is 16.0. The van der Waals surface area contributed by atoms with Crippen LogP contribution in [0.4, 0.5) is 5.82 Å².